The zero-order valence-electron chi connectivity index (χ0n) is 11.7. The zero-order chi connectivity index (χ0) is 14.0. The molecule has 0 aliphatic heterocycles. The van der Waals surface area contributed by atoms with E-state index in [2.05, 4.69) is 0 Å². The second kappa shape index (κ2) is 5.49. The standard InChI is InChI=1S/C14H23NO4/c1-10(13(17)18)9-15(11-4-5-11)12(16)8-14(19-2)6-3-7-14/h10-11H,3-9H2,1-2H3,(H,17,18). The fourth-order valence-corrected chi connectivity index (χ4v) is 2.62. The lowest BCUT2D eigenvalue weighted by Gasteiger charge is -2.41. The molecule has 1 atom stereocenters. The summed E-state index contributed by atoms with van der Waals surface area (Å²) in [5.74, 6) is -1.30. The van der Waals surface area contributed by atoms with Gasteiger partial charge in [-0.05, 0) is 32.1 Å². The fourth-order valence-electron chi connectivity index (χ4n) is 2.62. The summed E-state index contributed by atoms with van der Waals surface area (Å²) in [6, 6.07) is 0.253. The van der Waals surface area contributed by atoms with E-state index in [-0.39, 0.29) is 17.6 Å². The summed E-state index contributed by atoms with van der Waals surface area (Å²) in [4.78, 5) is 25.1. The van der Waals surface area contributed by atoms with Gasteiger partial charge in [0.2, 0.25) is 5.91 Å². The van der Waals surface area contributed by atoms with Gasteiger partial charge in [-0.3, -0.25) is 9.59 Å². The Labute approximate surface area is 113 Å². The molecule has 19 heavy (non-hydrogen) atoms. The van der Waals surface area contributed by atoms with Crippen molar-refractivity contribution >= 4 is 11.9 Å². The van der Waals surface area contributed by atoms with Gasteiger partial charge < -0.3 is 14.7 Å². The molecule has 0 spiro atoms. The number of carboxylic acid groups (broad SMARTS) is 1. The van der Waals surface area contributed by atoms with E-state index in [0.717, 1.165) is 32.1 Å². The summed E-state index contributed by atoms with van der Waals surface area (Å²) in [6.45, 7) is 1.97. The summed E-state index contributed by atoms with van der Waals surface area (Å²) < 4.78 is 5.48. The van der Waals surface area contributed by atoms with Crippen LogP contribution in [0.4, 0.5) is 0 Å². The number of methoxy groups -OCH3 is 1. The molecule has 0 saturated heterocycles. The monoisotopic (exact) mass is 269 g/mol. The Morgan fingerprint density at radius 2 is 2.05 bits per heavy atom. The van der Waals surface area contributed by atoms with Gasteiger partial charge in [0.1, 0.15) is 0 Å². The Balaban J connectivity index is 1.94. The van der Waals surface area contributed by atoms with Crippen LogP contribution < -0.4 is 0 Å². The quantitative estimate of drug-likeness (QED) is 0.763. The van der Waals surface area contributed by atoms with Gasteiger partial charge >= 0.3 is 5.97 Å². The van der Waals surface area contributed by atoms with E-state index in [1.807, 2.05) is 0 Å². The Kier molecular flexibility index (Phi) is 4.13. The van der Waals surface area contributed by atoms with Gasteiger partial charge in [-0.1, -0.05) is 6.92 Å². The molecule has 1 unspecified atom stereocenters. The van der Waals surface area contributed by atoms with Crippen molar-refractivity contribution in [2.45, 2.75) is 57.1 Å². The van der Waals surface area contributed by atoms with Crippen LogP contribution in [0.3, 0.4) is 0 Å². The number of aliphatic carboxylic acids is 1. The highest BCUT2D eigenvalue weighted by Gasteiger charge is 2.42. The first kappa shape index (κ1) is 14.3. The SMILES string of the molecule is COC1(CC(=O)N(CC(C)C(=O)O)C2CC2)CCC1. The largest absolute Gasteiger partial charge is 0.481 e. The lowest BCUT2D eigenvalue weighted by molar-refractivity contribution is -0.148. The molecule has 2 aliphatic carbocycles. The van der Waals surface area contributed by atoms with E-state index in [9.17, 15) is 9.59 Å². The van der Waals surface area contributed by atoms with Gasteiger partial charge in [0.15, 0.2) is 0 Å². The minimum absolute atomic E-state index is 0.0529. The first-order chi connectivity index (χ1) is 8.97. The van der Waals surface area contributed by atoms with E-state index in [4.69, 9.17) is 9.84 Å². The first-order valence-corrected chi connectivity index (χ1v) is 7.05. The first-order valence-electron chi connectivity index (χ1n) is 7.05. The summed E-state index contributed by atoms with van der Waals surface area (Å²) >= 11 is 0. The summed E-state index contributed by atoms with van der Waals surface area (Å²) in [6.07, 6.45) is 5.36. The van der Waals surface area contributed by atoms with Crippen molar-refractivity contribution in [3.05, 3.63) is 0 Å². The normalized spacial score (nSPS) is 22.4. The van der Waals surface area contributed by atoms with Crippen LogP contribution in [0.15, 0.2) is 0 Å². The number of ether oxygens (including phenoxy) is 1. The average molecular weight is 269 g/mol. The maximum Gasteiger partial charge on any atom is 0.308 e. The second-order valence-electron chi connectivity index (χ2n) is 5.93. The van der Waals surface area contributed by atoms with Crippen LogP contribution in [0, 0.1) is 5.92 Å². The molecule has 1 amide bonds. The molecule has 0 heterocycles. The smallest absolute Gasteiger partial charge is 0.308 e. The number of carbonyl (C=O) groups is 2. The van der Waals surface area contributed by atoms with Crippen LogP contribution in [0.2, 0.25) is 0 Å². The van der Waals surface area contributed by atoms with Gasteiger partial charge in [0.05, 0.1) is 17.9 Å². The van der Waals surface area contributed by atoms with Crippen LogP contribution in [0.5, 0.6) is 0 Å². The Morgan fingerprint density at radius 1 is 1.42 bits per heavy atom. The van der Waals surface area contributed by atoms with Crippen molar-refractivity contribution in [1.82, 2.24) is 4.90 Å². The van der Waals surface area contributed by atoms with Gasteiger partial charge in [-0.2, -0.15) is 0 Å². The zero-order valence-corrected chi connectivity index (χ0v) is 11.7. The number of rotatable bonds is 7. The number of nitrogens with zero attached hydrogens (tertiary/aromatic N) is 1. The van der Waals surface area contributed by atoms with Crippen molar-refractivity contribution in [2.24, 2.45) is 5.92 Å². The topological polar surface area (TPSA) is 66.8 Å². The number of amides is 1. The van der Waals surface area contributed by atoms with Gasteiger partial charge in [0, 0.05) is 19.7 Å². The molecule has 0 aromatic carbocycles. The molecule has 108 valence electrons. The highest BCUT2D eigenvalue weighted by molar-refractivity contribution is 5.79. The fraction of sp³-hybridized carbons (Fsp3) is 0.857. The van der Waals surface area contributed by atoms with Crippen LogP contribution in [0.25, 0.3) is 0 Å². The van der Waals surface area contributed by atoms with Crippen molar-refractivity contribution in [2.75, 3.05) is 13.7 Å². The molecule has 2 aliphatic rings. The Morgan fingerprint density at radius 3 is 2.42 bits per heavy atom. The van der Waals surface area contributed by atoms with Gasteiger partial charge in [-0.25, -0.2) is 0 Å². The Bertz CT molecular complexity index is 355. The minimum atomic E-state index is -0.844. The molecule has 2 saturated carbocycles. The molecule has 1 N–H and O–H groups in total. The molecule has 0 aromatic rings. The van der Waals surface area contributed by atoms with Crippen molar-refractivity contribution in [1.29, 1.82) is 0 Å². The lowest BCUT2D eigenvalue weighted by Crippen LogP contribution is -2.47. The number of carboxylic acids is 1. The number of hydrogen-bond acceptors (Lipinski definition) is 3. The maximum atomic E-state index is 12.4. The average Bonchev–Trinajstić information content (AvgIpc) is 3.14. The van der Waals surface area contributed by atoms with E-state index in [0.29, 0.717) is 13.0 Å². The summed E-state index contributed by atoms with van der Waals surface area (Å²) in [5.41, 5.74) is -0.281. The Hall–Kier alpha value is -1.10. The number of carbonyl (C=O) groups excluding carboxylic acids is 1. The van der Waals surface area contributed by atoms with E-state index in [1.54, 1.807) is 18.9 Å². The third-order valence-electron chi connectivity index (χ3n) is 4.37. The summed E-state index contributed by atoms with van der Waals surface area (Å²) in [7, 11) is 1.66. The molecular weight excluding hydrogens is 246 g/mol. The van der Waals surface area contributed by atoms with E-state index in [1.165, 1.54) is 0 Å². The van der Waals surface area contributed by atoms with E-state index < -0.39 is 11.9 Å². The molecule has 5 nitrogen and oxygen atoms in total. The van der Waals surface area contributed by atoms with Crippen LogP contribution in [-0.4, -0.2) is 47.2 Å². The molecule has 0 radical (unpaired) electrons. The highest BCUT2D eigenvalue weighted by Crippen LogP contribution is 2.39. The predicted molar refractivity (Wildman–Crippen MR) is 69.7 cm³/mol. The van der Waals surface area contributed by atoms with Crippen molar-refractivity contribution < 1.29 is 19.4 Å². The third-order valence-corrected chi connectivity index (χ3v) is 4.37. The van der Waals surface area contributed by atoms with Gasteiger partial charge in [0.25, 0.3) is 0 Å². The predicted octanol–water partition coefficient (Wildman–Crippen LogP) is 1.66. The second-order valence-corrected chi connectivity index (χ2v) is 5.93. The molecule has 2 fully saturated rings. The number of hydrogen-bond donors (Lipinski definition) is 1. The van der Waals surface area contributed by atoms with Crippen molar-refractivity contribution in [3.63, 3.8) is 0 Å². The maximum absolute atomic E-state index is 12.4. The van der Waals surface area contributed by atoms with Crippen LogP contribution in [-0.2, 0) is 14.3 Å². The lowest BCUT2D eigenvalue weighted by atomic mass is 9.77. The molecule has 0 bridgehead atoms. The minimum Gasteiger partial charge on any atom is -0.481 e. The molecule has 0 aromatic heterocycles. The third kappa shape index (κ3) is 3.26. The molecular formula is C14H23NO4. The van der Waals surface area contributed by atoms with Crippen LogP contribution >= 0.6 is 0 Å². The van der Waals surface area contributed by atoms with Crippen LogP contribution in [0.1, 0.15) is 45.4 Å². The highest BCUT2D eigenvalue weighted by atomic mass is 16.5. The van der Waals surface area contributed by atoms with E-state index >= 15 is 0 Å². The molecule has 2 rings (SSSR count). The van der Waals surface area contributed by atoms with Crippen molar-refractivity contribution in [3.8, 4) is 0 Å². The summed E-state index contributed by atoms with van der Waals surface area (Å²) in [5, 5.41) is 8.99. The van der Waals surface area contributed by atoms with Gasteiger partial charge in [-0.15, -0.1) is 0 Å². The molecule has 5 heteroatoms.